The normalized spacial score (nSPS) is 15.4. The van der Waals surface area contributed by atoms with Gasteiger partial charge in [-0.15, -0.1) is 0 Å². The number of imidazole rings is 1. The quantitative estimate of drug-likeness (QED) is 0.794. The topological polar surface area (TPSA) is 44.8 Å². The first-order valence-electron chi connectivity index (χ1n) is 5.92. The van der Waals surface area contributed by atoms with Crippen molar-refractivity contribution in [3.05, 3.63) is 40.3 Å². The van der Waals surface area contributed by atoms with E-state index in [1.165, 1.54) is 0 Å². The van der Waals surface area contributed by atoms with E-state index in [4.69, 9.17) is 0 Å². The van der Waals surface area contributed by atoms with Crippen LogP contribution >= 0.6 is 0 Å². The van der Waals surface area contributed by atoms with Crippen LogP contribution in [-0.4, -0.2) is 18.9 Å². The van der Waals surface area contributed by atoms with E-state index in [2.05, 4.69) is 5.10 Å². The molecule has 0 radical (unpaired) electrons. The third kappa shape index (κ3) is 1.81. The summed E-state index contributed by atoms with van der Waals surface area (Å²) >= 11 is 0. The predicted molar refractivity (Wildman–Crippen MR) is 64.0 cm³/mol. The third-order valence-electron chi connectivity index (χ3n) is 3.25. The summed E-state index contributed by atoms with van der Waals surface area (Å²) in [7, 11) is 1.91. The van der Waals surface area contributed by atoms with E-state index >= 15 is 0 Å². The van der Waals surface area contributed by atoms with Crippen LogP contribution in [0, 0.1) is 6.92 Å². The lowest BCUT2D eigenvalue weighted by Gasteiger charge is -2.02. The van der Waals surface area contributed by atoms with Gasteiger partial charge in [0.05, 0.1) is 17.9 Å². The van der Waals surface area contributed by atoms with Gasteiger partial charge in [-0.1, -0.05) is 0 Å². The van der Waals surface area contributed by atoms with Crippen LogP contribution in [0.1, 0.15) is 30.3 Å². The average Bonchev–Trinajstić information content (AvgIpc) is 2.98. The van der Waals surface area contributed by atoms with Crippen molar-refractivity contribution in [2.75, 3.05) is 0 Å². The van der Waals surface area contributed by atoms with E-state index in [0.29, 0.717) is 12.6 Å². The minimum Gasteiger partial charge on any atom is -0.296 e. The van der Waals surface area contributed by atoms with Crippen molar-refractivity contribution in [3.8, 4) is 0 Å². The van der Waals surface area contributed by atoms with E-state index in [-0.39, 0.29) is 5.69 Å². The molecule has 2 aromatic heterocycles. The van der Waals surface area contributed by atoms with E-state index < -0.39 is 0 Å². The molecule has 0 atom stereocenters. The van der Waals surface area contributed by atoms with Crippen molar-refractivity contribution in [3.63, 3.8) is 0 Å². The fourth-order valence-corrected chi connectivity index (χ4v) is 2.17. The zero-order chi connectivity index (χ0) is 12.0. The Bertz CT molecular complexity index is 600. The Morgan fingerprint density at radius 2 is 2.18 bits per heavy atom. The van der Waals surface area contributed by atoms with Crippen molar-refractivity contribution < 1.29 is 0 Å². The molecule has 0 aromatic carbocycles. The van der Waals surface area contributed by atoms with Crippen LogP contribution in [0.5, 0.6) is 0 Å². The Labute approximate surface area is 99.3 Å². The first-order valence-corrected chi connectivity index (χ1v) is 5.92. The van der Waals surface area contributed by atoms with E-state index in [1.54, 1.807) is 4.57 Å². The number of rotatable bonds is 3. The second-order valence-corrected chi connectivity index (χ2v) is 4.75. The van der Waals surface area contributed by atoms with Gasteiger partial charge < -0.3 is 0 Å². The summed E-state index contributed by atoms with van der Waals surface area (Å²) in [6, 6.07) is 2.46. The molecule has 0 bridgehead atoms. The van der Waals surface area contributed by atoms with Gasteiger partial charge in [0.2, 0.25) is 0 Å². The Morgan fingerprint density at radius 3 is 2.76 bits per heavy atom. The SMILES string of the molecule is Cc1cc(Cn2ccn(C3CC3)c2=O)n(C)n1. The molecular formula is C12H16N4O. The number of hydrogen-bond acceptors (Lipinski definition) is 2. The number of aromatic nitrogens is 4. The van der Waals surface area contributed by atoms with Gasteiger partial charge in [-0.2, -0.15) is 5.10 Å². The fourth-order valence-electron chi connectivity index (χ4n) is 2.17. The van der Waals surface area contributed by atoms with Crippen molar-refractivity contribution in [1.82, 2.24) is 18.9 Å². The van der Waals surface area contributed by atoms with Crippen molar-refractivity contribution >= 4 is 0 Å². The Morgan fingerprint density at radius 1 is 1.41 bits per heavy atom. The van der Waals surface area contributed by atoms with Crippen LogP contribution in [0.15, 0.2) is 23.3 Å². The molecule has 1 saturated carbocycles. The highest BCUT2D eigenvalue weighted by Crippen LogP contribution is 2.33. The molecule has 0 unspecified atom stereocenters. The molecule has 90 valence electrons. The van der Waals surface area contributed by atoms with Gasteiger partial charge in [-0.25, -0.2) is 4.79 Å². The van der Waals surface area contributed by atoms with Gasteiger partial charge in [-0.3, -0.25) is 13.8 Å². The van der Waals surface area contributed by atoms with Gasteiger partial charge in [0.15, 0.2) is 0 Å². The summed E-state index contributed by atoms with van der Waals surface area (Å²) in [5, 5.41) is 4.29. The Hall–Kier alpha value is -1.78. The smallest absolute Gasteiger partial charge is 0.296 e. The largest absolute Gasteiger partial charge is 0.328 e. The molecule has 0 spiro atoms. The molecule has 5 heteroatoms. The van der Waals surface area contributed by atoms with Crippen LogP contribution in [0.25, 0.3) is 0 Å². The first-order chi connectivity index (χ1) is 8.15. The molecular weight excluding hydrogens is 216 g/mol. The van der Waals surface area contributed by atoms with Crippen molar-refractivity contribution in [1.29, 1.82) is 0 Å². The van der Waals surface area contributed by atoms with Gasteiger partial charge in [0.25, 0.3) is 0 Å². The molecule has 17 heavy (non-hydrogen) atoms. The van der Waals surface area contributed by atoms with Crippen LogP contribution in [0.4, 0.5) is 0 Å². The van der Waals surface area contributed by atoms with Crippen LogP contribution in [0.3, 0.4) is 0 Å². The summed E-state index contributed by atoms with van der Waals surface area (Å²) in [6.45, 7) is 2.55. The summed E-state index contributed by atoms with van der Waals surface area (Å²) in [5.41, 5.74) is 2.13. The molecule has 0 saturated heterocycles. The molecule has 2 aromatic rings. The third-order valence-corrected chi connectivity index (χ3v) is 3.25. The number of hydrogen-bond donors (Lipinski definition) is 0. The standard InChI is InChI=1S/C12H16N4O/c1-9-7-11(14(2)13-9)8-15-5-6-16(12(15)17)10-3-4-10/h5-7,10H,3-4,8H2,1-2H3. The number of nitrogens with zero attached hydrogens (tertiary/aromatic N) is 4. The average molecular weight is 232 g/mol. The summed E-state index contributed by atoms with van der Waals surface area (Å²) in [5.74, 6) is 0. The molecule has 0 N–H and O–H groups in total. The zero-order valence-corrected chi connectivity index (χ0v) is 10.1. The maximum Gasteiger partial charge on any atom is 0.328 e. The molecule has 0 aliphatic heterocycles. The highest BCUT2D eigenvalue weighted by atomic mass is 16.1. The maximum absolute atomic E-state index is 12.1. The zero-order valence-electron chi connectivity index (χ0n) is 10.1. The van der Waals surface area contributed by atoms with E-state index in [1.807, 2.05) is 41.7 Å². The summed E-state index contributed by atoms with van der Waals surface area (Å²) < 4.78 is 5.41. The second kappa shape index (κ2) is 3.61. The van der Waals surface area contributed by atoms with E-state index in [9.17, 15) is 4.79 Å². The highest BCUT2D eigenvalue weighted by Gasteiger charge is 2.25. The lowest BCUT2D eigenvalue weighted by atomic mass is 10.3. The monoisotopic (exact) mass is 232 g/mol. The summed E-state index contributed by atoms with van der Waals surface area (Å²) in [4.78, 5) is 12.1. The lowest BCUT2D eigenvalue weighted by molar-refractivity contribution is 0.621. The predicted octanol–water partition coefficient (Wildman–Crippen LogP) is 1.07. The van der Waals surface area contributed by atoms with Crippen LogP contribution in [-0.2, 0) is 13.6 Å². The van der Waals surface area contributed by atoms with Gasteiger partial charge in [0.1, 0.15) is 0 Å². The molecule has 1 aliphatic carbocycles. The number of aryl methyl sites for hydroxylation is 2. The highest BCUT2D eigenvalue weighted by molar-refractivity contribution is 5.09. The van der Waals surface area contributed by atoms with Crippen LogP contribution in [0.2, 0.25) is 0 Å². The molecule has 1 fully saturated rings. The first kappa shape index (κ1) is 10.4. The maximum atomic E-state index is 12.1. The Balaban J connectivity index is 1.90. The van der Waals surface area contributed by atoms with Gasteiger partial charge >= 0.3 is 5.69 Å². The fraction of sp³-hybridized carbons (Fsp3) is 0.500. The van der Waals surface area contributed by atoms with Crippen molar-refractivity contribution in [2.24, 2.45) is 7.05 Å². The lowest BCUT2D eigenvalue weighted by Crippen LogP contribution is -2.24. The molecule has 2 heterocycles. The molecule has 0 amide bonds. The molecule has 5 nitrogen and oxygen atoms in total. The van der Waals surface area contributed by atoms with Gasteiger partial charge in [-0.05, 0) is 25.8 Å². The summed E-state index contributed by atoms with van der Waals surface area (Å²) in [6.07, 6.45) is 6.02. The van der Waals surface area contributed by atoms with Crippen molar-refractivity contribution in [2.45, 2.75) is 32.4 Å². The van der Waals surface area contributed by atoms with E-state index in [0.717, 1.165) is 24.2 Å². The minimum atomic E-state index is 0.0892. The molecule has 1 aliphatic rings. The van der Waals surface area contributed by atoms with Gasteiger partial charge in [0, 0.05) is 25.5 Å². The van der Waals surface area contributed by atoms with Crippen LogP contribution < -0.4 is 5.69 Å². The molecule has 3 rings (SSSR count). The Kier molecular flexibility index (Phi) is 2.21. The second-order valence-electron chi connectivity index (χ2n) is 4.75. The minimum absolute atomic E-state index is 0.0892.